The summed E-state index contributed by atoms with van der Waals surface area (Å²) in [6.45, 7) is 0. The predicted molar refractivity (Wildman–Crippen MR) is 44.1 cm³/mol. The smallest absolute Gasteiger partial charge is 0.242 e. The maximum Gasteiger partial charge on any atom is 0.242 e. The number of carbonyl (C=O) groups excluding carboxylic acids is 2. The lowest BCUT2D eigenvalue weighted by atomic mass is 10.1. The van der Waals surface area contributed by atoms with Gasteiger partial charge in [0, 0.05) is 0 Å². The zero-order chi connectivity index (χ0) is 9.90. The summed E-state index contributed by atoms with van der Waals surface area (Å²) in [5.41, 5.74) is 4.07. The van der Waals surface area contributed by atoms with Crippen molar-refractivity contribution in [3.63, 3.8) is 0 Å². The van der Waals surface area contributed by atoms with E-state index in [9.17, 15) is 18.0 Å². The van der Waals surface area contributed by atoms with Crippen molar-refractivity contribution in [2.75, 3.05) is 11.5 Å². The Bertz CT molecular complexity index is 311. The Balaban J connectivity index is 2.47. The van der Waals surface area contributed by atoms with Crippen molar-refractivity contribution in [1.82, 2.24) is 10.9 Å². The monoisotopic (exact) mass is 206 g/mol. The molecule has 74 valence electrons. The highest BCUT2D eigenvalue weighted by Crippen LogP contribution is 2.17. The molecule has 1 aliphatic heterocycles. The molecule has 0 aromatic rings. The van der Waals surface area contributed by atoms with Gasteiger partial charge in [0.1, 0.15) is 0 Å². The minimum absolute atomic E-state index is 0.0478. The number of nitrogens with one attached hydrogen (secondary N) is 2. The summed E-state index contributed by atoms with van der Waals surface area (Å²) in [5.74, 6) is -1.06. The highest BCUT2D eigenvalue weighted by molar-refractivity contribution is 7.91. The molecule has 1 rings (SSSR count). The van der Waals surface area contributed by atoms with Crippen molar-refractivity contribution in [2.24, 2.45) is 5.92 Å². The van der Waals surface area contributed by atoms with Crippen LogP contribution in [-0.4, -0.2) is 32.2 Å². The first-order chi connectivity index (χ1) is 6.05. The molecule has 0 radical (unpaired) electrons. The largest absolute Gasteiger partial charge is 0.277 e. The van der Waals surface area contributed by atoms with Crippen LogP contribution in [0.3, 0.4) is 0 Å². The molecule has 1 heterocycles. The molecule has 0 bridgehead atoms. The average molecular weight is 206 g/mol. The van der Waals surface area contributed by atoms with Crippen LogP contribution in [0.1, 0.15) is 6.42 Å². The van der Waals surface area contributed by atoms with Gasteiger partial charge in [-0.05, 0) is 6.42 Å². The maximum atomic E-state index is 11.1. The molecule has 0 saturated carbocycles. The molecule has 1 fully saturated rings. The van der Waals surface area contributed by atoms with Crippen LogP contribution >= 0.6 is 0 Å². The zero-order valence-electron chi connectivity index (χ0n) is 6.82. The minimum atomic E-state index is -3.04. The fourth-order valence-electron chi connectivity index (χ4n) is 1.20. The van der Waals surface area contributed by atoms with E-state index in [0.29, 0.717) is 12.8 Å². The van der Waals surface area contributed by atoms with Crippen LogP contribution in [0.5, 0.6) is 0 Å². The van der Waals surface area contributed by atoms with Crippen LogP contribution in [-0.2, 0) is 19.4 Å². The number of hydrogen-bond acceptors (Lipinski definition) is 4. The van der Waals surface area contributed by atoms with Gasteiger partial charge < -0.3 is 0 Å². The quantitative estimate of drug-likeness (QED) is 0.421. The number of amides is 2. The van der Waals surface area contributed by atoms with Gasteiger partial charge >= 0.3 is 0 Å². The first kappa shape index (κ1) is 9.97. The normalized spacial score (nSPS) is 25.1. The average Bonchev–Trinajstić information content (AvgIpc) is 2.42. The summed E-state index contributed by atoms with van der Waals surface area (Å²) < 4.78 is 21.9. The van der Waals surface area contributed by atoms with Crippen LogP contribution in [0, 0.1) is 5.92 Å². The Hall–Kier alpha value is -1.11. The van der Waals surface area contributed by atoms with Crippen molar-refractivity contribution >= 4 is 22.2 Å². The van der Waals surface area contributed by atoms with E-state index in [1.54, 1.807) is 0 Å². The number of hydrazine groups is 1. The first-order valence-electron chi connectivity index (χ1n) is 3.74. The van der Waals surface area contributed by atoms with E-state index >= 15 is 0 Å². The van der Waals surface area contributed by atoms with Crippen molar-refractivity contribution in [3.05, 3.63) is 0 Å². The van der Waals surface area contributed by atoms with E-state index in [4.69, 9.17) is 0 Å². The van der Waals surface area contributed by atoms with E-state index < -0.39 is 21.7 Å². The van der Waals surface area contributed by atoms with E-state index in [0.717, 1.165) is 0 Å². The molecular weight excluding hydrogens is 196 g/mol. The molecule has 1 saturated heterocycles. The lowest BCUT2D eigenvalue weighted by Crippen LogP contribution is -2.40. The lowest BCUT2D eigenvalue weighted by molar-refractivity contribution is -0.127. The summed E-state index contributed by atoms with van der Waals surface area (Å²) in [4.78, 5) is 20.9. The summed E-state index contributed by atoms with van der Waals surface area (Å²) >= 11 is 0. The van der Waals surface area contributed by atoms with Crippen molar-refractivity contribution in [2.45, 2.75) is 6.42 Å². The summed E-state index contributed by atoms with van der Waals surface area (Å²) in [7, 11) is -3.04. The maximum absolute atomic E-state index is 11.1. The Morgan fingerprint density at radius 1 is 1.46 bits per heavy atom. The second-order valence-corrected chi connectivity index (χ2v) is 5.08. The van der Waals surface area contributed by atoms with Crippen LogP contribution < -0.4 is 10.9 Å². The third-order valence-electron chi connectivity index (χ3n) is 1.86. The van der Waals surface area contributed by atoms with Gasteiger partial charge in [-0.25, -0.2) is 8.42 Å². The summed E-state index contributed by atoms with van der Waals surface area (Å²) in [6.07, 6.45) is 0.649. The highest BCUT2D eigenvalue weighted by atomic mass is 32.2. The van der Waals surface area contributed by atoms with Crippen LogP contribution in [0.15, 0.2) is 0 Å². The van der Waals surface area contributed by atoms with Gasteiger partial charge in [0.05, 0.1) is 17.4 Å². The van der Waals surface area contributed by atoms with Crippen LogP contribution in [0.25, 0.3) is 0 Å². The SMILES string of the molecule is O=CNNC(=O)C1CCS(=O)(=O)C1. The second kappa shape index (κ2) is 3.73. The third kappa shape index (κ3) is 2.69. The van der Waals surface area contributed by atoms with Gasteiger partial charge in [-0.15, -0.1) is 0 Å². The van der Waals surface area contributed by atoms with Gasteiger partial charge in [-0.3, -0.25) is 20.4 Å². The van der Waals surface area contributed by atoms with Gasteiger partial charge in [0.25, 0.3) is 0 Å². The van der Waals surface area contributed by atoms with E-state index in [1.807, 2.05) is 5.43 Å². The Morgan fingerprint density at radius 3 is 2.62 bits per heavy atom. The number of sulfone groups is 1. The number of hydrogen-bond donors (Lipinski definition) is 2. The molecule has 1 aliphatic rings. The Labute approximate surface area is 75.6 Å². The van der Waals surface area contributed by atoms with E-state index in [-0.39, 0.29) is 11.5 Å². The second-order valence-electron chi connectivity index (χ2n) is 2.85. The Morgan fingerprint density at radius 2 is 2.15 bits per heavy atom. The van der Waals surface area contributed by atoms with Gasteiger partial charge in [0.2, 0.25) is 12.3 Å². The molecule has 0 aromatic heterocycles. The molecular formula is C6H10N2O4S. The zero-order valence-corrected chi connectivity index (χ0v) is 7.63. The molecule has 2 N–H and O–H groups in total. The summed E-state index contributed by atoms with van der Waals surface area (Å²) in [6, 6.07) is 0. The fourth-order valence-corrected chi connectivity index (χ4v) is 2.95. The molecule has 6 nitrogen and oxygen atoms in total. The molecule has 7 heteroatoms. The Kier molecular flexibility index (Phi) is 2.86. The number of carbonyl (C=O) groups is 2. The molecule has 1 atom stereocenters. The molecule has 0 aliphatic carbocycles. The first-order valence-corrected chi connectivity index (χ1v) is 5.57. The fraction of sp³-hybridized carbons (Fsp3) is 0.667. The lowest BCUT2D eigenvalue weighted by Gasteiger charge is -2.06. The topological polar surface area (TPSA) is 92.3 Å². The molecule has 0 spiro atoms. The number of rotatable bonds is 3. The van der Waals surface area contributed by atoms with E-state index in [1.165, 1.54) is 0 Å². The molecule has 0 aromatic carbocycles. The van der Waals surface area contributed by atoms with Gasteiger partial charge in [-0.1, -0.05) is 0 Å². The molecule has 1 unspecified atom stereocenters. The van der Waals surface area contributed by atoms with Gasteiger partial charge in [0.15, 0.2) is 9.84 Å². The van der Waals surface area contributed by atoms with Crippen LogP contribution in [0.4, 0.5) is 0 Å². The minimum Gasteiger partial charge on any atom is -0.277 e. The van der Waals surface area contributed by atoms with Gasteiger partial charge in [-0.2, -0.15) is 0 Å². The third-order valence-corrected chi connectivity index (χ3v) is 3.63. The van der Waals surface area contributed by atoms with E-state index in [2.05, 4.69) is 5.43 Å². The standard InChI is InChI=1S/C6H10N2O4S/c9-4-7-8-6(10)5-1-2-13(11,12)3-5/h4-5H,1-3H2,(H,7,9)(H,8,10). The molecule has 13 heavy (non-hydrogen) atoms. The molecule has 2 amide bonds. The van der Waals surface area contributed by atoms with Crippen molar-refractivity contribution < 1.29 is 18.0 Å². The summed E-state index contributed by atoms with van der Waals surface area (Å²) in [5, 5.41) is 0. The predicted octanol–water partition coefficient (Wildman–Crippen LogP) is -1.80. The van der Waals surface area contributed by atoms with Crippen molar-refractivity contribution in [3.8, 4) is 0 Å². The van der Waals surface area contributed by atoms with Crippen molar-refractivity contribution in [1.29, 1.82) is 0 Å². The highest BCUT2D eigenvalue weighted by Gasteiger charge is 2.32. The van der Waals surface area contributed by atoms with Crippen LogP contribution in [0.2, 0.25) is 0 Å².